The first-order valence-electron chi connectivity index (χ1n) is 8.55. The molecule has 1 unspecified atom stereocenters. The molecule has 0 aliphatic heterocycles. The number of fused-ring (bicyclic) bond motifs is 1. The predicted octanol–water partition coefficient (Wildman–Crippen LogP) is 2.74. The van der Waals surface area contributed by atoms with Crippen molar-refractivity contribution in [3.63, 3.8) is 0 Å². The van der Waals surface area contributed by atoms with Crippen LogP contribution in [0.4, 0.5) is 5.82 Å². The summed E-state index contributed by atoms with van der Waals surface area (Å²) in [7, 11) is 0. The van der Waals surface area contributed by atoms with E-state index in [-0.39, 0.29) is 0 Å². The van der Waals surface area contributed by atoms with Crippen molar-refractivity contribution in [1.29, 1.82) is 0 Å². The first-order valence-corrected chi connectivity index (χ1v) is 9.87. The molecule has 6 nitrogen and oxygen atoms in total. The van der Waals surface area contributed by atoms with Gasteiger partial charge in [0, 0.05) is 24.0 Å². The number of nitrogen functional groups attached to an aromatic ring is 1. The highest BCUT2D eigenvalue weighted by Gasteiger charge is 2.16. The van der Waals surface area contributed by atoms with Crippen molar-refractivity contribution >= 4 is 28.0 Å². The Morgan fingerprint density at radius 2 is 1.74 bits per heavy atom. The monoisotopic (exact) mass is 377 g/mol. The highest BCUT2D eigenvalue weighted by molar-refractivity contribution is 7.91. The maximum atomic E-state index is 12.1. The Labute approximate surface area is 160 Å². The lowest BCUT2D eigenvalue weighted by Crippen LogP contribution is -2.15. The number of rotatable bonds is 5. The molecule has 0 aliphatic rings. The highest BCUT2D eigenvalue weighted by atomic mass is 32.2. The van der Waals surface area contributed by atoms with Crippen LogP contribution in [0.1, 0.15) is 0 Å². The fraction of sp³-hybridized carbons (Fsp3) is 0.100. The van der Waals surface area contributed by atoms with Crippen LogP contribution in [-0.4, -0.2) is 31.4 Å². The van der Waals surface area contributed by atoms with Gasteiger partial charge >= 0.3 is 0 Å². The first kappa shape index (κ1) is 17.5. The Morgan fingerprint density at radius 1 is 1.00 bits per heavy atom. The summed E-state index contributed by atoms with van der Waals surface area (Å²) in [5.74, 6) is 0.895. The van der Waals surface area contributed by atoms with Crippen LogP contribution in [0.5, 0.6) is 0 Å². The zero-order valence-electron chi connectivity index (χ0n) is 14.6. The molecule has 2 heterocycles. The number of hydrogen-bond acceptors (Lipinski definition) is 5. The summed E-state index contributed by atoms with van der Waals surface area (Å²) >= 11 is -1.08. The summed E-state index contributed by atoms with van der Waals surface area (Å²) in [6.45, 7) is 0.396. The Morgan fingerprint density at radius 3 is 2.44 bits per heavy atom. The lowest BCUT2D eigenvalue weighted by atomic mass is 10.1. The maximum Gasteiger partial charge on any atom is 0.152 e. The van der Waals surface area contributed by atoms with Crippen LogP contribution in [0.25, 0.3) is 27.8 Å². The van der Waals surface area contributed by atoms with Gasteiger partial charge in [0.15, 0.2) is 10.5 Å². The number of benzene rings is 2. The quantitative estimate of drug-likeness (QED) is 0.520. The van der Waals surface area contributed by atoms with Crippen molar-refractivity contribution in [2.75, 3.05) is 18.0 Å². The van der Waals surface area contributed by atoms with E-state index in [0.717, 1.165) is 32.7 Å². The lowest BCUT2D eigenvalue weighted by Gasteiger charge is -2.10. The van der Waals surface area contributed by atoms with Gasteiger partial charge < -0.3 is 20.6 Å². The molecule has 136 valence electrons. The standard InChI is InChI=1S/C20H19N5OS/c21-10-11-27(26)16-8-6-15(7-9-16)25-12-17(14-4-2-1-3-5-14)18-19(22)23-13-24-20(18)25/h1-9,12-13H,10-11,21H2,(H2,22,23,24). The van der Waals surface area contributed by atoms with E-state index in [1.54, 1.807) is 0 Å². The largest absolute Gasteiger partial charge is 0.611 e. The summed E-state index contributed by atoms with van der Waals surface area (Å²) in [5, 5.41) is 0.819. The Balaban J connectivity index is 1.84. The molecule has 2 aromatic heterocycles. The molecule has 0 radical (unpaired) electrons. The number of nitrogens with zero attached hydrogens (tertiary/aromatic N) is 3. The third kappa shape index (κ3) is 3.28. The van der Waals surface area contributed by atoms with E-state index in [2.05, 4.69) is 9.97 Å². The molecule has 0 saturated heterocycles. The topological polar surface area (TPSA) is 106 Å². The van der Waals surface area contributed by atoms with Gasteiger partial charge in [0.2, 0.25) is 0 Å². The molecule has 1 atom stereocenters. The van der Waals surface area contributed by atoms with Gasteiger partial charge in [0.1, 0.15) is 17.9 Å². The lowest BCUT2D eigenvalue weighted by molar-refractivity contribution is 0.595. The van der Waals surface area contributed by atoms with Crippen LogP contribution in [0.15, 0.2) is 72.0 Å². The molecule has 4 rings (SSSR count). The van der Waals surface area contributed by atoms with E-state index in [4.69, 9.17) is 11.5 Å². The van der Waals surface area contributed by atoms with Gasteiger partial charge in [0.05, 0.1) is 5.39 Å². The molecule has 4 N–H and O–H groups in total. The van der Waals surface area contributed by atoms with Crippen LogP contribution < -0.4 is 11.5 Å². The number of aromatic nitrogens is 3. The van der Waals surface area contributed by atoms with Crippen LogP contribution in [0, 0.1) is 0 Å². The smallest absolute Gasteiger partial charge is 0.152 e. The van der Waals surface area contributed by atoms with Crippen LogP contribution in [-0.2, 0) is 11.2 Å². The van der Waals surface area contributed by atoms with Crippen molar-refractivity contribution < 1.29 is 4.55 Å². The SMILES string of the molecule is NCC[S+]([O-])c1ccc(-n2cc(-c3ccccc3)c3c(N)ncnc32)cc1. The molecule has 4 aromatic rings. The van der Waals surface area contributed by atoms with Crippen molar-refractivity contribution in [3.05, 3.63) is 67.1 Å². The fourth-order valence-corrected chi connectivity index (χ4v) is 3.99. The second-order valence-electron chi connectivity index (χ2n) is 6.07. The summed E-state index contributed by atoms with van der Waals surface area (Å²) in [4.78, 5) is 9.37. The highest BCUT2D eigenvalue weighted by Crippen LogP contribution is 2.34. The third-order valence-corrected chi connectivity index (χ3v) is 5.78. The van der Waals surface area contributed by atoms with Crippen LogP contribution in [0.3, 0.4) is 0 Å². The summed E-state index contributed by atoms with van der Waals surface area (Å²) in [5.41, 5.74) is 15.3. The molecule has 27 heavy (non-hydrogen) atoms. The van der Waals surface area contributed by atoms with Crippen LogP contribution >= 0.6 is 0 Å². The average Bonchev–Trinajstić information content (AvgIpc) is 3.10. The Bertz CT molecular complexity index is 1060. The molecule has 2 aromatic carbocycles. The Hall–Kier alpha value is -2.87. The second kappa shape index (κ2) is 7.40. The van der Waals surface area contributed by atoms with Crippen molar-refractivity contribution in [3.8, 4) is 16.8 Å². The van der Waals surface area contributed by atoms with Crippen molar-refractivity contribution in [1.82, 2.24) is 14.5 Å². The Kier molecular flexibility index (Phi) is 4.81. The minimum atomic E-state index is -1.08. The maximum absolute atomic E-state index is 12.1. The number of nitrogens with two attached hydrogens (primary N) is 2. The third-order valence-electron chi connectivity index (χ3n) is 4.38. The molecule has 0 aliphatic carbocycles. The van der Waals surface area contributed by atoms with E-state index in [1.807, 2.05) is 65.4 Å². The van der Waals surface area contributed by atoms with Crippen molar-refractivity contribution in [2.45, 2.75) is 4.90 Å². The normalized spacial score (nSPS) is 12.4. The molecule has 0 amide bonds. The van der Waals surface area contributed by atoms with Gasteiger partial charge in [-0.05, 0) is 41.0 Å². The molecule has 0 fully saturated rings. The summed E-state index contributed by atoms with van der Waals surface area (Å²) < 4.78 is 14.1. The van der Waals surface area contributed by atoms with E-state index in [1.165, 1.54) is 6.33 Å². The molecule has 0 spiro atoms. The molecule has 0 bridgehead atoms. The second-order valence-corrected chi connectivity index (χ2v) is 7.64. The van der Waals surface area contributed by atoms with Gasteiger partial charge in [-0.3, -0.25) is 0 Å². The van der Waals surface area contributed by atoms with Gasteiger partial charge in [-0.15, -0.1) is 0 Å². The molecular formula is C20H19N5OS. The average molecular weight is 377 g/mol. The predicted molar refractivity (Wildman–Crippen MR) is 109 cm³/mol. The minimum absolute atomic E-state index is 0.396. The van der Waals surface area contributed by atoms with Gasteiger partial charge in [0.25, 0.3) is 0 Å². The summed E-state index contributed by atoms with van der Waals surface area (Å²) in [6, 6.07) is 17.6. The van der Waals surface area contributed by atoms with Crippen molar-refractivity contribution in [2.24, 2.45) is 5.73 Å². The molecular weight excluding hydrogens is 358 g/mol. The van der Waals surface area contributed by atoms with E-state index in [9.17, 15) is 4.55 Å². The molecule has 0 saturated carbocycles. The number of anilines is 1. The molecule has 7 heteroatoms. The van der Waals surface area contributed by atoms with Gasteiger partial charge in [-0.25, -0.2) is 9.97 Å². The zero-order valence-corrected chi connectivity index (χ0v) is 15.4. The van der Waals surface area contributed by atoms with Gasteiger partial charge in [-0.2, -0.15) is 0 Å². The minimum Gasteiger partial charge on any atom is -0.611 e. The zero-order chi connectivity index (χ0) is 18.8. The summed E-state index contributed by atoms with van der Waals surface area (Å²) in [6.07, 6.45) is 3.48. The van der Waals surface area contributed by atoms with E-state index >= 15 is 0 Å². The first-order chi connectivity index (χ1) is 13.2. The number of hydrogen-bond donors (Lipinski definition) is 2. The van der Waals surface area contributed by atoms with E-state index in [0.29, 0.717) is 18.1 Å². The van der Waals surface area contributed by atoms with E-state index < -0.39 is 11.2 Å². The van der Waals surface area contributed by atoms with Crippen LogP contribution in [0.2, 0.25) is 0 Å². The van der Waals surface area contributed by atoms with Gasteiger partial charge in [-0.1, -0.05) is 30.3 Å². The fourth-order valence-electron chi connectivity index (χ4n) is 3.10.